The van der Waals surface area contributed by atoms with E-state index < -0.39 is 11.9 Å². The van der Waals surface area contributed by atoms with Gasteiger partial charge in [0, 0.05) is 11.1 Å². The third kappa shape index (κ3) is 3.06. The molecular weight excluding hydrogens is 196 g/mol. The number of rotatable bonds is 4. The molecule has 0 aromatic carbocycles. The summed E-state index contributed by atoms with van der Waals surface area (Å²) >= 11 is 4.85. The predicted molar refractivity (Wildman–Crippen MR) is 47.2 cm³/mol. The van der Waals surface area contributed by atoms with Crippen LogP contribution in [-0.2, 0) is 13.9 Å². The Bertz CT molecular complexity index is 245. The van der Waals surface area contributed by atoms with E-state index in [1.54, 1.807) is 13.8 Å². The second-order valence-electron chi connectivity index (χ2n) is 2.33. The van der Waals surface area contributed by atoms with Crippen LogP contribution in [0.3, 0.4) is 0 Å². The highest BCUT2D eigenvalue weighted by atomic mass is 35.5. The lowest BCUT2D eigenvalue weighted by molar-refractivity contribution is -0.134. The quantitative estimate of drug-likeness (QED) is 0.714. The van der Waals surface area contributed by atoms with Crippen LogP contribution in [0.25, 0.3) is 0 Å². The van der Waals surface area contributed by atoms with E-state index >= 15 is 0 Å². The summed E-state index contributed by atoms with van der Waals surface area (Å²) in [5.41, 5.74) is 0.165. The molecule has 0 fully saturated rings. The van der Waals surface area contributed by atoms with E-state index in [9.17, 15) is 9.59 Å². The van der Waals surface area contributed by atoms with Gasteiger partial charge >= 0.3 is 11.9 Å². The molecule has 0 aliphatic carbocycles. The van der Waals surface area contributed by atoms with Gasteiger partial charge in [-0.3, -0.25) is 0 Å². The highest BCUT2D eigenvalue weighted by Gasteiger charge is 2.18. The van der Waals surface area contributed by atoms with Crippen molar-refractivity contribution in [2.45, 2.75) is 26.7 Å². The zero-order valence-electron chi connectivity index (χ0n) is 7.46. The minimum absolute atomic E-state index is 0.0492. The molecule has 0 rings (SSSR count). The Kier molecular flexibility index (Phi) is 5.14. The van der Waals surface area contributed by atoms with Crippen LogP contribution in [-0.4, -0.2) is 17.0 Å². The summed E-state index contributed by atoms with van der Waals surface area (Å²) in [6, 6.07) is 0. The van der Waals surface area contributed by atoms with Crippen LogP contribution in [0.1, 0.15) is 26.7 Å². The van der Waals surface area contributed by atoms with Gasteiger partial charge in [-0.25, -0.2) is 9.59 Å². The van der Waals surface area contributed by atoms with Gasteiger partial charge in [-0.2, -0.15) is 0 Å². The van der Waals surface area contributed by atoms with E-state index in [0.29, 0.717) is 6.42 Å². The molecule has 0 atom stereocenters. The van der Waals surface area contributed by atoms with Crippen molar-refractivity contribution < 1.29 is 19.0 Å². The Morgan fingerprint density at radius 1 is 1.23 bits per heavy atom. The monoisotopic (exact) mass is 206 g/mol. The van der Waals surface area contributed by atoms with Gasteiger partial charge in [-0.1, -0.05) is 13.8 Å². The molecule has 0 spiro atoms. The molecule has 0 saturated heterocycles. The van der Waals surface area contributed by atoms with Crippen molar-refractivity contribution in [2.24, 2.45) is 0 Å². The number of hydrogen-bond donors (Lipinski definition) is 1. The van der Waals surface area contributed by atoms with Crippen LogP contribution in [0.5, 0.6) is 0 Å². The van der Waals surface area contributed by atoms with Crippen molar-refractivity contribution in [1.82, 2.24) is 0 Å². The molecule has 0 amide bonds. The lowest BCUT2D eigenvalue weighted by Gasteiger charge is -2.04. The largest absolute Gasteiger partial charge is 0.478 e. The van der Waals surface area contributed by atoms with E-state index in [-0.39, 0.29) is 17.6 Å². The zero-order valence-corrected chi connectivity index (χ0v) is 8.22. The number of carboxylic acids is 1. The maximum absolute atomic E-state index is 11.0. The molecule has 0 unspecified atom stereocenters. The standard InChI is InChI=1S/C8H11ClO4/c1-3-5(7(10)11)6(4-2)8(12)13-9/h3-4H2,1-2H3,(H,10,11)/b6-5-. The Morgan fingerprint density at radius 3 is 1.92 bits per heavy atom. The van der Waals surface area contributed by atoms with Crippen molar-refractivity contribution in [3.63, 3.8) is 0 Å². The summed E-state index contributed by atoms with van der Waals surface area (Å²) in [5, 5.41) is 8.71. The average molecular weight is 207 g/mol. The molecule has 0 aliphatic rings. The summed E-state index contributed by atoms with van der Waals surface area (Å²) < 4.78 is 3.95. The van der Waals surface area contributed by atoms with Crippen molar-refractivity contribution in [3.05, 3.63) is 11.1 Å². The van der Waals surface area contributed by atoms with E-state index in [4.69, 9.17) is 17.0 Å². The van der Waals surface area contributed by atoms with Gasteiger partial charge < -0.3 is 9.40 Å². The fourth-order valence-corrected chi connectivity index (χ4v) is 1.11. The van der Waals surface area contributed by atoms with Crippen molar-refractivity contribution in [2.75, 3.05) is 0 Å². The maximum atomic E-state index is 11.0. The van der Waals surface area contributed by atoms with Gasteiger partial charge in [-0.15, -0.1) is 0 Å². The topological polar surface area (TPSA) is 63.6 Å². The Labute approximate surface area is 81.3 Å². The minimum Gasteiger partial charge on any atom is -0.478 e. The van der Waals surface area contributed by atoms with E-state index in [1.165, 1.54) is 0 Å². The van der Waals surface area contributed by atoms with Crippen molar-refractivity contribution in [3.8, 4) is 0 Å². The lowest BCUT2D eigenvalue weighted by Crippen LogP contribution is -2.11. The van der Waals surface area contributed by atoms with Gasteiger partial charge in [0.1, 0.15) is 11.9 Å². The van der Waals surface area contributed by atoms with Crippen molar-refractivity contribution >= 4 is 23.8 Å². The SMILES string of the molecule is CC/C(C(=O)O)=C(\CC)C(=O)OCl. The minimum atomic E-state index is -1.11. The number of halogens is 1. The first kappa shape index (κ1) is 12.0. The van der Waals surface area contributed by atoms with Crippen LogP contribution in [0.4, 0.5) is 0 Å². The van der Waals surface area contributed by atoms with Gasteiger partial charge in [0.05, 0.1) is 0 Å². The fraction of sp³-hybridized carbons (Fsp3) is 0.500. The molecule has 5 heteroatoms. The molecule has 0 radical (unpaired) electrons. The van der Waals surface area contributed by atoms with E-state index in [0.717, 1.165) is 0 Å². The van der Waals surface area contributed by atoms with Gasteiger partial charge in [0.25, 0.3) is 0 Å². The Hall–Kier alpha value is -1.03. The molecule has 0 saturated carbocycles. The maximum Gasteiger partial charge on any atom is 0.352 e. The average Bonchev–Trinajstić information content (AvgIpc) is 2.12. The Balaban J connectivity index is 5.05. The first-order valence-corrected chi connectivity index (χ1v) is 4.17. The molecule has 0 heterocycles. The highest BCUT2D eigenvalue weighted by Crippen LogP contribution is 2.15. The summed E-state index contributed by atoms with van der Waals surface area (Å²) in [5.74, 6) is -1.90. The summed E-state index contributed by atoms with van der Waals surface area (Å²) in [6.45, 7) is 3.32. The third-order valence-electron chi connectivity index (χ3n) is 1.65. The van der Waals surface area contributed by atoms with E-state index in [1.807, 2.05) is 0 Å². The molecule has 0 aliphatic heterocycles. The molecule has 0 aromatic heterocycles. The second-order valence-corrected chi connectivity index (χ2v) is 2.49. The first-order chi connectivity index (χ1) is 6.08. The molecule has 0 bridgehead atoms. The van der Waals surface area contributed by atoms with Gasteiger partial charge in [-0.05, 0) is 12.8 Å². The number of hydrogen-bond acceptors (Lipinski definition) is 3. The number of carbonyl (C=O) groups is 2. The lowest BCUT2D eigenvalue weighted by atomic mass is 10.0. The smallest absolute Gasteiger partial charge is 0.352 e. The molecular formula is C8H11ClO4. The second kappa shape index (κ2) is 5.59. The summed E-state index contributed by atoms with van der Waals surface area (Å²) in [7, 11) is 0. The summed E-state index contributed by atoms with van der Waals surface area (Å²) in [4.78, 5) is 21.6. The highest BCUT2D eigenvalue weighted by molar-refractivity contribution is 6.16. The molecule has 1 N–H and O–H groups in total. The number of carbonyl (C=O) groups excluding carboxylic acids is 1. The van der Waals surface area contributed by atoms with Gasteiger partial charge in [0.2, 0.25) is 0 Å². The van der Waals surface area contributed by atoms with Crippen LogP contribution in [0.15, 0.2) is 11.1 Å². The molecule has 74 valence electrons. The van der Waals surface area contributed by atoms with E-state index in [2.05, 4.69) is 4.29 Å². The Morgan fingerprint density at radius 2 is 1.69 bits per heavy atom. The normalized spacial score (nSPS) is 11.9. The van der Waals surface area contributed by atoms with Crippen LogP contribution >= 0.6 is 11.9 Å². The third-order valence-corrected chi connectivity index (χ3v) is 1.79. The van der Waals surface area contributed by atoms with Crippen LogP contribution < -0.4 is 0 Å². The summed E-state index contributed by atoms with van der Waals surface area (Å²) in [6.07, 6.45) is 0.561. The van der Waals surface area contributed by atoms with Gasteiger partial charge in [0.15, 0.2) is 0 Å². The molecule has 0 aromatic rings. The molecule has 13 heavy (non-hydrogen) atoms. The van der Waals surface area contributed by atoms with Crippen LogP contribution in [0, 0.1) is 0 Å². The first-order valence-electron chi connectivity index (χ1n) is 3.86. The van der Waals surface area contributed by atoms with Crippen molar-refractivity contribution in [1.29, 1.82) is 0 Å². The predicted octanol–water partition coefficient (Wildman–Crippen LogP) is 1.88. The number of aliphatic carboxylic acids is 1. The molecule has 4 nitrogen and oxygen atoms in total. The zero-order chi connectivity index (χ0) is 10.4. The van der Waals surface area contributed by atoms with Crippen LogP contribution in [0.2, 0.25) is 0 Å². The number of carboxylic acid groups (broad SMARTS) is 1. The fourth-order valence-electron chi connectivity index (χ4n) is 1.02.